The standard InChI is InChI=1S/2C4H9.H3O2PS2.Zn/c2*1-4(2)3;1-3(2,4)5;/h2*1-3H3;(H3,1,2,4,5);/q2*-1;;+2. The van der Waals surface area contributed by atoms with Crippen molar-refractivity contribution in [2.75, 3.05) is 0 Å². The first-order valence-electron chi connectivity index (χ1n) is 3.78. The summed E-state index contributed by atoms with van der Waals surface area (Å²) in [5.41, 5.74) is -3.11. The Balaban J connectivity index is -0.0000000522. The van der Waals surface area contributed by atoms with Crippen LogP contribution in [0.15, 0.2) is 0 Å². The van der Waals surface area contributed by atoms with Gasteiger partial charge >= 0.3 is 19.5 Å². The predicted octanol–water partition coefficient (Wildman–Crippen LogP) is 3.36. The van der Waals surface area contributed by atoms with Gasteiger partial charge in [0.05, 0.1) is 0 Å². The van der Waals surface area contributed by atoms with Gasteiger partial charge in [-0.3, -0.25) is 0 Å². The van der Waals surface area contributed by atoms with Gasteiger partial charge in [-0.05, 0) is 11.8 Å². The number of hydrogen-bond acceptors (Lipinski definition) is 1. The number of rotatable bonds is 0. The molecule has 0 aliphatic rings. The van der Waals surface area contributed by atoms with E-state index in [1.807, 2.05) is 0 Å². The normalized spacial score (nSPS) is 9.36. The summed E-state index contributed by atoms with van der Waals surface area (Å²) < 4.78 is 0. The second-order valence-corrected chi connectivity index (χ2v) is 8.55. The van der Waals surface area contributed by atoms with Gasteiger partial charge in [-0.25, -0.2) is 0 Å². The van der Waals surface area contributed by atoms with Crippen LogP contribution in [0.4, 0.5) is 0 Å². The van der Waals surface area contributed by atoms with Crippen molar-refractivity contribution in [3.05, 3.63) is 11.8 Å². The van der Waals surface area contributed by atoms with Crippen LogP contribution in [0.2, 0.25) is 0 Å². The fourth-order valence-electron chi connectivity index (χ4n) is 0. The molecule has 0 bridgehead atoms. The molecule has 0 radical (unpaired) electrons. The van der Waals surface area contributed by atoms with E-state index in [1.165, 1.54) is 11.8 Å². The van der Waals surface area contributed by atoms with Crippen LogP contribution < -0.4 is 0 Å². The Morgan fingerprint density at radius 3 is 0.929 bits per heavy atom. The van der Waals surface area contributed by atoms with Gasteiger partial charge in [-0.1, -0.05) is 12.2 Å². The average Bonchev–Trinajstić information content (AvgIpc) is 1.50. The van der Waals surface area contributed by atoms with E-state index in [0.717, 1.165) is 0 Å². The van der Waals surface area contributed by atoms with Gasteiger partial charge in [-0.15, -0.1) is 0 Å². The molecular weight excluding hydrogens is 289 g/mol. The van der Waals surface area contributed by atoms with Crippen LogP contribution in [0, 0.1) is 11.8 Å². The maximum atomic E-state index is 7.87. The minimum absolute atomic E-state index is 0. The summed E-state index contributed by atoms with van der Waals surface area (Å²) in [6, 6.07) is 0. The summed E-state index contributed by atoms with van der Waals surface area (Å²) in [5, 5.41) is 0. The van der Waals surface area contributed by atoms with Crippen molar-refractivity contribution < 1.29 is 29.3 Å². The summed E-state index contributed by atoms with van der Waals surface area (Å²) in [6.45, 7) is 12.5. The Morgan fingerprint density at radius 2 is 0.929 bits per heavy atom. The Morgan fingerprint density at radius 1 is 0.929 bits per heavy atom. The van der Waals surface area contributed by atoms with E-state index in [-0.39, 0.29) is 19.5 Å². The molecule has 2 nitrogen and oxygen atoms in total. The van der Waals surface area contributed by atoms with Crippen LogP contribution in [-0.4, -0.2) is 9.79 Å². The topological polar surface area (TPSA) is 40.5 Å². The van der Waals surface area contributed by atoms with E-state index < -0.39 is 5.69 Å². The van der Waals surface area contributed by atoms with Crippen molar-refractivity contribution in [1.29, 1.82) is 0 Å². The summed E-state index contributed by atoms with van der Waals surface area (Å²) >= 11 is 7.07. The third-order valence-corrected chi connectivity index (χ3v) is 0. The van der Waals surface area contributed by atoms with E-state index >= 15 is 0 Å². The molecule has 0 heterocycles. The average molecular weight is 310 g/mol. The molecule has 0 saturated heterocycles. The van der Waals surface area contributed by atoms with E-state index in [1.54, 1.807) is 0 Å². The fraction of sp³-hybridized carbons (Fsp3) is 0.750. The molecule has 2 N–H and O–H groups in total. The van der Waals surface area contributed by atoms with E-state index in [0.29, 0.717) is 0 Å². The molecule has 0 aromatic rings. The zero-order valence-electron chi connectivity index (χ0n) is 9.90. The quantitative estimate of drug-likeness (QED) is 0.278. The molecular formula is C8H21O2PS2Zn. The third kappa shape index (κ3) is 895. The Bertz CT molecular complexity index is 118. The maximum absolute atomic E-state index is 7.87. The van der Waals surface area contributed by atoms with Gasteiger partial charge < -0.3 is 21.6 Å². The van der Waals surface area contributed by atoms with Gasteiger partial charge in [0, 0.05) is 0 Å². The first kappa shape index (κ1) is 24.7. The van der Waals surface area contributed by atoms with Crippen molar-refractivity contribution in [2.24, 2.45) is 0 Å². The molecule has 0 atom stereocenters. The van der Waals surface area contributed by atoms with Crippen LogP contribution >= 0.6 is 17.9 Å². The summed E-state index contributed by atoms with van der Waals surface area (Å²) in [6.07, 6.45) is 0. The largest absolute Gasteiger partial charge is 2.00 e. The van der Waals surface area contributed by atoms with E-state index in [4.69, 9.17) is 9.79 Å². The molecule has 0 saturated carbocycles. The molecule has 0 aromatic heterocycles. The summed E-state index contributed by atoms with van der Waals surface area (Å²) in [4.78, 5) is 15.7. The van der Waals surface area contributed by atoms with Crippen LogP contribution in [0.25, 0.3) is 0 Å². The Kier molecular flexibility index (Phi) is 25.6. The van der Waals surface area contributed by atoms with Crippen molar-refractivity contribution in [3.63, 3.8) is 0 Å². The summed E-state index contributed by atoms with van der Waals surface area (Å²) in [5.74, 6) is 2.83. The fourth-order valence-corrected chi connectivity index (χ4v) is 0. The van der Waals surface area contributed by atoms with E-state index in [2.05, 4.69) is 65.6 Å². The van der Waals surface area contributed by atoms with Crippen molar-refractivity contribution in [1.82, 2.24) is 0 Å². The van der Waals surface area contributed by atoms with Gasteiger partial charge in [0.1, 0.15) is 0 Å². The maximum Gasteiger partial charge on any atom is 2.00 e. The molecule has 84 valence electrons. The minimum atomic E-state index is -3.11. The molecule has 0 amide bonds. The van der Waals surface area contributed by atoms with Crippen LogP contribution in [0.1, 0.15) is 41.5 Å². The zero-order valence-corrected chi connectivity index (χ0v) is 15.5. The molecule has 0 aliphatic heterocycles. The molecule has 0 aliphatic carbocycles. The Labute approximate surface area is 112 Å². The first-order chi connectivity index (χ1) is 5.46. The zero-order chi connectivity index (χ0) is 11.7. The van der Waals surface area contributed by atoms with Crippen molar-refractivity contribution in [2.45, 2.75) is 41.5 Å². The predicted molar refractivity (Wildman–Crippen MR) is 68.2 cm³/mol. The van der Waals surface area contributed by atoms with Gasteiger partial charge in [0.2, 0.25) is 5.69 Å². The molecule has 0 fully saturated rings. The third-order valence-electron chi connectivity index (χ3n) is 0. The molecule has 0 unspecified atom stereocenters. The molecule has 6 heteroatoms. The van der Waals surface area contributed by atoms with Gasteiger partial charge in [0.25, 0.3) is 0 Å². The molecule has 0 spiro atoms. The minimum Gasteiger partial charge on any atom is -0.338 e. The van der Waals surface area contributed by atoms with Crippen LogP contribution in [-0.2, 0) is 31.3 Å². The van der Waals surface area contributed by atoms with Crippen LogP contribution in [0.5, 0.6) is 0 Å². The van der Waals surface area contributed by atoms with Crippen molar-refractivity contribution in [3.8, 4) is 0 Å². The van der Waals surface area contributed by atoms with Gasteiger partial charge in [0.15, 0.2) is 0 Å². The smallest absolute Gasteiger partial charge is 0.338 e. The molecule has 0 aromatic carbocycles. The molecule has 0 rings (SSSR count). The number of thiol groups is 1. The molecule has 14 heavy (non-hydrogen) atoms. The van der Waals surface area contributed by atoms with Gasteiger partial charge in [-0.2, -0.15) is 41.5 Å². The van der Waals surface area contributed by atoms with E-state index in [9.17, 15) is 0 Å². The van der Waals surface area contributed by atoms with Crippen LogP contribution in [0.3, 0.4) is 0 Å². The monoisotopic (exact) mass is 308 g/mol. The second kappa shape index (κ2) is 14.5. The second-order valence-electron chi connectivity index (χ2n) is 3.51. The first-order valence-corrected chi connectivity index (χ1v) is 7.64. The van der Waals surface area contributed by atoms with Crippen molar-refractivity contribution >= 4 is 29.7 Å². The number of hydrogen-bond donors (Lipinski definition) is 3. The SMILES string of the molecule is C[C-](C)C.C[C-](C)C.OP(O)(=S)S.[Zn+2]. The summed E-state index contributed by atoms with van der Waals surface area (Å²) in [7, 11) is 0. The Hall–Kier alpha value is 1.54.